The van der Waals surface area contributed by atoms with Gasteiger partial charge in [-0.05, 0) is 18.1 Å². The number of hydrogen-bond acceptors (Lipinski definition) is 6. The molecule has 1 atom stereocenters. The third kappa shape index (κ3) is 3.55. The maximum atomic E-state index is 11.9. The van der Waals surface area contributed by atoms with Gasteiger partial charge in [-0.3, -0.25) is 4.79 Å². The van der Waals surface area contributed by atoms with Gasteiger partial charge in [0.05, 0.1) is 5.69 Å². The van der Waals surface area contributed by atoms with E-state index < -0.39 is 0 Å². The minimum absolute atomic E-state index is 0.119. The summed E-state index contributed by atoms with van der Waals surface area (Å²) in [5, 5.41) is 14.1. The van der Waals surface area contributed by atoms with E-state index in [4.69, 9.17) is 5.11 Å². The number of aliphatic hydroxyl groups excluding tert-OH is 1. The molecule has 2 aromatic rings. The summed E-state index contributed by atoms with van der Waals surface area (Å²) in [6, 6.07) is 1.54. The fourth-order valence-electron chi connectivity index (χ4n) is 1.53. The van der Waals surface area contributed by atoms with Crippen LogP contribution in [0.25, 0.3) is 4.96 Å². The minimum Gasteiger partial charge on any atom is -0.396 e. The molecule has 2 rings (SSSR count). The molecule has 2 heterocycles. The Morgan fingerprint density at radius 1 is 1.58 bits per heavy atom. The summed E-state index contributed by atoms with van der Waals surface area (Å²) in [4.78, 5) is 17.0. The lowest BCUT2D eigenvalue weighted by molar-refractivity contribution is 0.250. The van der Waals surface area contributed by atoms with Gasteiger partial charge in [0.2, 0.25) is 4.96 Å². The van der Waals surface area contributed by atoms with Gasteiger partial charge in [0.25, 0.3) is 5.56 Å². The zero-order chi connectivity index (χ0) is 13.8. The van der Waals surface area contributed by atoms with E-state index in [0.717, 1.165) is 22.9 Å². The molecule has 0 fully saturated rings. The van der Waals surface area contributed by atoms with Crippen molar-refractivity contribution in [2.75, 3.05) is 12.4 Å². The molecule has 0 aliphatic carbocycles. The van der Waals surface area contributed by atoms with Crippen molar-refractivity contribution < 1.29 is 5.11 Å². The van der Waals surface area contributed by atoms with Crippen molar-refractivity contribution in [2.45, 2.75) is 26.0 Å². The van der Waals surface area contributed by atoms with E-state index in [1.54, 1.807) is 17.8 Å². The van der Waals surface area contributed by atoms with Gasteiger partial charge in [-0.2, -0.15) is 21.4 Å². The second-order valence-corrected chi connectivity index (χ2v) is 6.50. The summed E-state index contributed by atoms with van der Waals surface area (Å²) in [6.07, 6.45) is 0.811. The van der Waals surface area contributed by atoms with Gasteiger partial charge in [0.15, 0.2) is 0 Å². The number of fused-ring (bicyclic) bond motifs is 1. The van der Waals surface area contributed by atoms with Gasteiger partial charge >= 0.3 is 0 Å². The maximum Gasteiger partial charge on any atom is 0.275 e. The van der Waals surface area contributed by atoms with Gasteiger partial charge in [0.1, 0.15) is 5.01 Å². The van der Waals surface area contributed by atoms with Crippen LogP contribution in [-0.4, -0.2) is 32.1 Å². The molecule has 0 amide bonds. The first-order valence-electron chi connectivity index (χ1n) is 6.21. The standard InChI is InChI=1S/C12H17N3O2S2/c1-3-10-14-15-11(17)4-9(13-12(15)19-10)7-18-6-8(2)5-16/h4,8,16H,3,5-7H2,1-2H3. The van der Waals surface area contributed by atoms with Crippen molar-refractivity contribution in [1.82, 2.24) is 14.6 Å². The first-order valence-corrected chi connectivity index (χ1v) is 8.18. The molecule has 1 unspecified atom stereocenters. The quantitative estimate of drug-likeness (QED) is 0.877. The van der Waals surface area contributed by atoms with Gasteiger partial charge in [-0.15, -0.1) is 0 Å². The molecule has 1 N–H and O–H groups in total. The Labute approximate surface area is 119 Å². The van der Waals surface area contributed by atoms with Crippen molar-refractivity contribution >= 4 is 28.1 Å². The summed E-state index contributed by atoms with van der Waals surface area (Å²) < 4.78 is 1.37. The molecule has 104 valence electrons. The van der Waals surface area contributed by atoms with Crippen LogP contribution < -0.4 is 5.56 Å². The highest BCUT2D eigenvalue weighted by atomic mass is 32.2. The molecule has 0 saturated carbocycles. The van der Waals surface area contributed by atoms with Crippen LogP contribution in [0.1, 0.15) is 24.5 Å². The Morgan fingerprint density at radius 3 is 3.05 bits per heavy atom. The summed E-state index contributed by atoms with van der Waals surface area (Å²) >= 11 is 3.14. The van der Waals surface area contributed by atoms with Crippen LogP contribution in [0.15, 0.2) is 10.9 Å². The third-order valence-corrected chi connectivity index (χ3v) is 4.96. The predicted octanol–water partition coefficient (Wildman–Crippen LogP) is 1.57. The first-order chi connectivity index (χ1) is 9.13. The molecule has 19 heavy (non-hydrogen) atoms. The van der Waals surface area contributed by atoms with E-state index in [0.29, 0.717) is 10.7 Å². The third-order valence-electron chi connectivity index (χ3n) is 2.61. The summed E-state index contributed by atoms with van der Waals surface area (Å²) in [6.45, 7) is 4.20. The average molecular weight is 299 g/mol. The zero-order valence-electron chi connectivity index (χ0n) is 11.0. The highest BCUT2D eigenvalue weighted by Gasteiger charge is 2.08. The lowest BCUT2D eigenvalue weighted by Crippen LogP contribution is -2.15. The van der Waals surface area contributed by atoms with Gasteiger partial charge in [-0.25, -0.2) is 4.98 Å². The number of aryl methyl sites for hydroxylation is 1. The van der Waals surface area contributed by atoms with E-state index in [9.17, 15) is 4.79 Å². The average Bonchev–Trinajstić information content (AvgIpc) is 2.82. The molecule has 5 nitrogen and oxygen atoms in total. The van der Waals surface area contributed by atoms with Crippen LogP contribution in [0.3, 0.4) is 0 Å². The molecule has 0 bridgehead atoms. The summed E-state index contributed by atoms with van der Waals surface area (Å²) in [5.41, 5.74) is 0.665. The van der Waals surface area contributed by atoms with Crippen molar-refractivity contribution in [3.63, 3.8) is 0 Å². The van der Waals surface area contributed by atoms with E-state index in [1.807, 2.05) is 13.8 Å². The molecule has 0 saturated heterocycles. The van der Waals surface area contributed by atoms with E-state index in [1.165, 1.54) is 15.9 Å². The minimum atomic E-state index is -0.119. The molecule has 0 aromatic carbocycles. The Hall–Kier alpha value is -0.920. The van der Waals surface area contributed by atoms with Crippen LogP contribution in [0.2, 0.25) is 0 Å². The Bertz CT molecular complexity index is 609. The SMILES string of the molecule is CCc1nn2c(=O)cc(CSCC(C)CO)nc2s1. The summed E-state index contributed by atoms with van der Waals surface area (Å²) in [5.74, 6) is 1.82. The molecule has 2 aromatic heterocycles. The Balaban J connectivity index is 2.14. The number of thioether (sulfide) groups is 1. The van der Waals surface area contributed by atoms with Crippen LogP contribution >= 0.6 is 23.1 Å². The molecule has 0 aliphatic heterocycles. The fourth-order valence-corrected chi connectivity index (χ4v) is 3.37. The number of aromatic nitrogens is 3. The predicted molar refractivity (Wildman–Crippen MR) is 78.9 cm³/mol. The molecular formula is C12H17N3O2S2. The zero-order valence-corrected chi connectivity index (χ0v) is 12.6. The first kappa shape index (κ1) is 14.5. The fraction of sp³-hybridized carbons (Fsp3) is 0.583. The van der Waals surface area contributed by atoms with Crippen molar-refractivity contribution in [3.8, 4) is 0 Å². The normalized spacial score (nSPS) is 13.0. The van der Waals surface area contributed by atoms with Crippen molar-refractivity contribution in [3.05, 3.63) is 27.1 Å². The van der Waals surface area contributed by atoms with Crippen LogP contribution in [-0.2, 0) is 12.2 Å². The molecule has 0 aliphatic rings. The second-order valence-electron chi connectivity index (χ2n) is 4.43. The largest absolute Gasteiger partial charge is 0.396 e. The molecule has 7 heteroatoms. The van der Waals surface area contributed by atoms with E-state index in [2.05, 4.69) is 10.1 Å². The van der Waals surface area contributed by atoms with Crippen molar-refractivity contribution in [2.24, 2.45) is 5.92 Å². The second kappa shape index (κ2) is 6.49. The Kier molecular flexibility index (Phi) is 4.95. The van der Waals surface area contributed by atoms with Crippen molar-refractivity contribution in [1.29, 1.82) is 0 Å². The summed E-state index contributed by atoms with van der Waals surface area (Å²) in [7, 11) is 0. The molecule has 0 spiro atoms. The highest BCUT2D eigenvalue weighted by molar-refractivity contribution is 7.98. The number of nitrogens with zero attached hydrogens (tertiary/aromatic N) is 3. The van der Waals surface area contributed by atoms with Gasteiger partial charge in [0, 0.05) is 18.4 Å². The smallest absolute Gasteiger partial charge is 0.275 e. The van der Waals surface area contributed by atoms with Gasteiger partial charge in [-0.1, -0.05) is 25.2 Å². The van der Waals surface area contributed by atoms with Crippen LogP contribution in [0.4, 0.5) is 0 Å². The molecular weight excluding hydrogens is 282 g/mol. The maximum absolute atomic E-state index is 11.9. The van der Waals surface area contributed by atoms with Crippen LogP contribution in [0.5, 0.6) is 0 Å². The topological polar surface area (TPSA) is 67.5 Å². The van der Waals surface area contributed by atoms with Gasteiger partial charge < -0.3 is 5.11 Å². The van der Waals surface area contributed by atoms with E-state index >= 15 is 0 Å². The number of aliphatic hydroxyl groups is 1. The number of rotatable bonds is 6. The monoisotopic (exact) mass is 299 g/mol. The Morgan fingerprint density at radius 2 is 2.37 bits per heavy atom. The lowest BCUT2D eigenvalue weighted by Gasteiger charge is -2.06. The molecule has 0 radical (unpaired) electrons. The van der Waals surface area contributed by atoms with E-state index in [-0.39, 0.29) is 18.1 Å². The lowest BCUT2D eigenvalue weighted by atomic mass is 10.2. The number of hydrogen-bond donors (Lipinski definition) is 1. The highest BCUT2D eigenvalue weighted by Crippen LogP contribution is 2.16. The van der Waals surface area contributed by atoms with Crippen LogP contribution in [0, 0.1) is 5.92 Å².